The quantitative estimate of drug-likeness (QED) is 0.585. The third-order valence-corrected chi connectivity index (χ3v) is 4.26. The van der Waals surface area contributed by atoms with Crippen molar-refractivity contribution in [3.8, 4) is 0 Å². The van der Waals surface area contributed by atoms with Gasteiger partial charge in [0.1, 0.15) is 5.56 Å². The first-order valence-corrected chi connectivity index (χ1v) is 7.72. The number of benzene rings is 2. The van der Waals surface area contributed by atoms with E-state index in [2.05, 4.69) is 5.32 Å². The van der Waals surface area contributed by atoms with Gasteiger partial charge in [-0.3, -0.25) is 19.7 Å². The predicted molar refractivity (Wildman–Crippen MR) is 89.8 cm³/mol. The van der Waals surface area contributed by atoms with E-state index in [1.807, 2.05) is 13.8 Å². The summed E-state index contributed by atoms with van der Waals surface area (Å²) in [5.74, 6) is -0.852. The number of nitrogens with one attached hydrogen (secondary N) is 1. The second-order valence-corrected chi connectivity index (χ2v) is 5.80. The van der Waals surface area contributed by atoms with Gasteiger partial charge in [-0.2, -0.15) is 0 Å². The number of nitro groups is 1. The van der Waals surface area contributed by atoms with Crippen molar-refractivity contribution in [3.05, 3.63) is 68.8 Å². The Balaban J connectivity index is 2.24. The maximum atomic E-state index is 13.0. The number of carbonyl (C=O) groups is 2. The highest BCUT2D eigenvalue weighted by Gasteiger charge is 2.36. The fourth-order valence-corrected chi connectivity index (χ4v) is 2.86. The smallest absolute Gasteiger partial charge is 0.281 e. The lowest BCUT2D eigenvalue weighted by Crippen LogP contribution is -2.25. The van der Waals surface area contributed by atoms with Crippen LogP contribution in [0.3, 0.4) is 0 Å². The van der Waals surface area contributed by atoms with Crippen molar-refractivity contribution in [2.45, 2.75) is 26.3 Å². The van der Waals surface area contributed by atoms with E-state index in [-0.39, 0.29) is 39.8 Å². The molecule has 6 nitrogen and oxygen atoms in total. The molecule has 0 saturated carbocycles. The van der Waals surface area contributed by atoms with Gasteiger partial charge in [0.25, 0.3) is 5.69 Å². The number of hydrogen-bond acceptors (Lipinski definition) is 5. The highest BCUT2D eigenvalue weighted by Crippen LogP contribution is 2.36. The van der Waals surface area contributed by atoms with Crippen molar-refractivity contribution in [1.82, 2.24) is 0 Å². The second kappa shape index (κ2) is 5.88. The molecule has 0 bridgehead atoms. The van der Waals surface area contributed by atoms with Crippen LogP contribution in [0.1, 0.15) is 52.1 Å². The summed E-state index contributed by atoms with van der Waals surface area (Å²) in [6.07, 6.45) is 0.836. The minimum Gasteiger partial charge on any atom is -0.382 e. The topological polar surface area (TPSA) is 89.3 Å². The molecule has 0 aromatic heterocycles. The Kier molecular flexibility index (Phi) is 3.89. The summed E-state index contributed by atoms with van der Waals surface area (Å²) in [5, 5.41) is 14.5. The van der Waals surface area contributed by atoms with Crippen molar-refractivity contribution >= 4 is 22.9 Å². The van der Waals surface area contributed by atoms with Crippen molar-refractivity contribution < 1.29 is 14.5 Å². The molecular weight excluding hydrogens is 308 g/mol. The van der Waals surface area contributed by atoms with E-state index in [1.54, 1.807) is 18.2 Å². The molecule has 122 valence electrons. The molecule has 0 amide bonds. The van der Waals surface area contributed by atoms with Gasteiger partial charge < -0.3 is 5.32 Å². The van der Waals surface area contributed by atoms with Crippen LogP contribution in [0.25, 0.3) is 0 Å². The number of nitro benzene ring substituents is 1. The van der Waals surface area contributed by atoms with Gasteiger partial charge in [-0.1, -0.05) is 25.1 Å². The average molecular weight is 324 g/mol. The number of fused-ring (bicyclic) bond motifs is 2. The van der Waals surface area contributed by atoms with Crippen molar-refractivity contribution in [2.24, 2.45) is 0 Å². The van der Waals surface area contributed by atoms with Crippen molar-refractivity contribution in [1.29, 1.82) is 0 Å². The van der Waals surface area contributed by atoms with Crippen LogP contribution in [0.2, 0.25) is 0 Å². The Morgan fingerprint density at radius 2 is 1.67 bits per heavy atom. The molecule has 6 heteroatoms. The molecule has 24 heavy (non-hydrogen) atoms. The maximum Gasteiger partial charge on any atom is 0.281 e. The summed E-state index contributed by atoms with van der Waals surface area (Å²) < 4.78 is 0. The van der Waals surface area contributed by atoms with Crippen LogP contribution in [0.15, 0.2) is 36.4 Å². The molecule has 2 aromatic carbocycles. The number of anilines is 1. The Hall–Kier alpha value is -3.02. The van der Waals surface area contributed by atoms with Crippen molar-refractivity contribution in [2.75, 3.05) is 5.32 Å². The molecule has 0 aliphatic heterocycles. The van der Waals surface area contributed by atoms with Gasteiger partial charge in [-0.25, -0.2) is 0 Å². The first kappa shape index (κ1) is 15.9. The number of carbonyl (C=O) groups excluding carboxylic acids is 2. The first-order valence-electron chi connectivity index (χ1n) is 7.72. The third-order valence-electron chi connectivity index (χ3n) is 4.26. The molecule has 1 N–H and O–H groups in total. The van der Waals surface area contributed by atoms with Crippen LogP contribution < -0.4 is 5.32 Å². The van der Waals surface area contributed by atoms with Crippen LogP contribution in [-0.2, 0) is 0 Å². The Morgan fingerprint density at radius 3 is 2.29 bits per heavy atom. The molecule has 1 aliphatic carbocycles. The van der Waals surface area contributed by atoms with Gasteiger partial charge in [0.05, 0.1) is 10.5 Å². The van der Waals surface area contributed by atoms with Crippen LogP contribution in [-0.4, -0.2) is 22.5 Å². The van der Waals surface area contributed by atoms with E-state index < -0.39 is 10.7 Å². The number of hydrogen-bond donors (Lipinski definition) is 1. The van der Waals surface area contributed by atoms with E-state index in [4.69, 9.17) is 0 Å². The lowest BCUT2D eigenvalue weighted by atomic mass is 9.82. The zero-order chi connectivity index (χ0) is 17.4. The van der Waals surface area contributed by atoms with Crippen LogP contribution in [0.5, 0.6) is 0 Å². The monoisotopic (exact) mass is 324 g/mol. The minimum absolute atomic E-state index is 0.0855. The SMILES string of the molecule is CCC(C)Nc1cccc2c1C(=O)c1c(cccc1[N+](=O)[O-])C2=O. The van der Waals surface area contributed by atoms with E-state index in [0.29, 0.717) is 5.69 Å². The Morgan fingerprint density at radius 1 is 1.04 bits per heavy atom. The molecule has 1 unspecified atom stereocenters. The molecule has 1 aliphatic rings. The molecule has 0 heterocycles. The molecule has 0 spiro atoms. The second-order valence-electron chi connectivity index (χ2n) is 5.80. The summed E-state index contributed by atoms with van der Waals surface area (Å²) in [6.45, 7) is 3.96. The van der Waals surface area contributed by atoms with Crippen molar-refractivity contribution in [3.63, 3.8) is 0 Å². The van der Waals surface area contributed by atoms with E-state index in [1.165, 1.54) is 18.2 Å². The van der Waals surface area contributed by atoms with E-state index >= 15 is 0 Å². The summed E-state index contributed by atoms with van der Waals surface area (Å²) >= 11 is 0. The number of ketones is 2. The largest absolute Gasteiger partial charge is 0.382 e. The average Bonchev–Trinajstić information content (AvgIpc) is 2.58. The first-order chi connectivity index (χ1) is 11.5. The number of nitrogens with zero attached hydrogens (tertiary/aromatic N) is 1. The van der Waals surface area contributed by atoms with Gasteiger partial charge in [0.2, 0.25) is 5.78 Å². The Labute approximate surface area is 138 Å². The lowest BCUT2D eigenvalue weighted by Gasteiger charge is -2.22. The van der Waals surface area contributed by atoms with E-state index in [0.717, 1.165) is 6.42 Å². The molecule has 2 aromatic rings. The van der Waals surface area contributed by atoms with Gasteiger partial charge >= 0.3 is 0 Å². The molecule has 0 fully saturated rings. The van der Waals surface area contributed by atoms with Gasteiger partial charge in [-0.15, -0.1) is 0 Å². The fourth-order valence-electron chi connectivity index (χ4n) is 2.86. The van der Waals surface area contributed by atoms with Crippen LogP contribution >= 0.6 is 0 Å². The normalized spacial score (nSPS) is 13.9. The zero-order valence-electron chi connectivity index (χ0n) is 13.3. The highest BCUT2D eigenvalue weighted by molar-refractivity contribution is 6.31. The van der Waals surface area contributed by atoms with E-state index in [9.17, 15) is 19.7 Å². The molecular formula is C18H16N2O4. The predicted octanol–water partition coefficient (Wildman–Crippen LogP) is 3.58. The minimum atomic E-state index is -0.625. The zero-order valence-corrected chi connectivity index (χ0v) is 13.3. The summed E-state index contributed by atoms with van der Waals surface area (Å²) in [7, 11) is 0. The summed E-state index contributed by atoms with van der Waals surface area (Å²) in [5.41, 5.74) is 0.644. The number of rotatable bonds is 4. The van der Waals surface area contributed by atoms with Crippen LogP contribution in [0, 0.1) is 10.1 Å². The fraction of sp³-hybridized carbons (Fsp3) is 0.222. The standard InChI is InChI=1S/C18H16N2O4/c1-3-10(2)19-13-8-4-6-11-15(13)18(22)16-12(17(11)21)7-5-9-14(16)20(23)24/h4-10,19H,3H2,1-2H3. The Bertz CT molecular complexity index is 873. The van der Waals surface area contributed by atoms with Gasteiger partial charge in [-0.05, 0) is 25.5 Å². The van der Waals surface area contributed by atoms with Gasteiger partial charge in [0.15, 0.2) is 5.78 Å². The molecule has 0 saturated heterocycles. The summed E-state index contributed by atoms with van der Waals surface area (Å²) in [6, 6.07) is 9.24. The van der Waals surface area contributed by atoms with Crippen LogP contribution in [0.4, 0.5) is 11.4 Å². The maximum absolute atomic E-state index is 13.0. The van der Waals surface area contributed by atoms with Gasteiger partial charge in [0, 0.05) is 28.9 Å². The molecule has 0 radical (unpaired) electrons. The highest BCUT2D eigenvalue weighted by atomic mass is 16.6. The summed E-state index contributed by atoms with van der Waals surface area (Å²) in [4.78, 5) is 36.4. The molecule has 3 rings (SSSR count). The third kappa shape index (κ3) is 2.36. The lowest BCUT2D eigenvalue weighted by molar-refractivity contribution is -0.385. The molecule has 1 atom stereocenters.